The van der Waals surface area contributed by atoms with Gasteiger partial charge in [-0.2, -0.15) is 5.10 Å². The fourth-order valence-corrected chi connectivity index (χ4v) is 2.82. The third-order valence-electron chi connectivity index (χ3n) is 3.83. The highest BCUT2D eigenvalue weighted by molar-refractivity contribution is 5.20. The van der Waals surface area contributed by atoms with Crippen molar-refractivity contribution >= 4 is 0 Å². The van der Waals surface area contributed by atoms with E-state index >= 15 is 0 Å². The molecule has 19 heavy (non-hydrogen) atoms. The minimum absolute atomic E-state index is 0.521. The first-order chi connectivity index (χ1) is 9.35. The molecule has 0 aliphatic carbocycles. The Hall–Kier alpha value is -1.64. The highest BCUT2D eigenvalue weighted by Gasteiger charge is 2.21. The van der Waals surface area contributed by atoms with Crippen molar-refractivity contribution < 1.29 is 0 Å². The lowest BCUT2D eigenvalue weighted by molar-refractivity contribution is 0.335. The summed E-state index contributed by atoms with van der Waals surface area (Å²) in [5, 5.41) is 4.26. The molecule has 1 aromatic heterocycles. The second-order valence-electron chi connectivity index (χ2n) is 5.09. The van der Waals surface area contributed by atoms with E-state index in [2.05, 4.69) is 54.3 Å². The van der Waals surface area contributed by atoms with Gasteiger partial charge in [0, 0.05) is 12.5 Å². The van der Waals surface area contributed by atoms with Crippen LogP contribution in [-0.2, 0) is 6.54 Å². The monoisotopic (exact) mass is 257 g/mol. The van der Waals surface area contributed by atoms with Gasteiger partial charge >= 0.3 is 0 Å². The van der Waals surface area contributed by atoms with E-state index in [1.165, 1.54) is 24.8 Å². The Bertz CT molecular complexity index is 450. The van der Waals surface area contributed by atoms with E-state index in [0.717, 1.165) is 6.54 Å². The van der Waals surface area contributed by atoms with Gasteiger partial charge in [-0.15, -0.1) is 0 Å². The molecule has 0 saturated heterocycles. The number of nitrogens with zero attached hydrogens (tertiary/aromatic N) is 3. The lowest BCUT2D eigenvalue weighted by atomic mass is 9.81. The topological polar surface area (TPSA) is 30.7 Å². The Balaban J connectivity index is 2.21. The van der Waals surface area contributed by atoms with E-state index in [9.17, 15) is 0 Å². The first-order valence-corrected chi connectivity index (χ1v) is 7.22. The van der Waals surface area contributed by atoms with Crippen molar-refractivity contribution in [3.05, 3.63) is 48.5 Å². The maximum atomic E-state index is 4.26. The van der Waals surface area contributed by atoms with Crippen LogP contribution >= 0.6 is 0 Å². The average molecular weight is 257 g/mol. The zero-order chi connectivity index (χ0) is 13.5. The van der Waals surface area contributed by atoms with Crippen LogP contribution in [0.2, 0.25) is 0 Å². The van der Waals surface area contributed by atoms with Gasteiger partial charge in [-0.25, -0.2) is 4.98 Å². The first-order valence-electron chi connectivity index (χ1n) is 7.22. The molecule has 0 aliphatic rings. The van der Waals surface area contributed by atoms with Crippen LogP contribution in [0.5, 0.6) is 0 Å². The van der Waals surface area contributed by atoms with Crippen molar-refractivity contribution in [2.24, 2.45) is 5.92 Å². The highest BCUT2D eigenvalue weighted by atomic mass is 15.3. The molecule has 0 fully saturated rings. The van der Waals surface area contributed by atoms with Crippen LogP contribution in [0.25, 0.3) is 0 Å². The minimum Gasteiger partial charge on any atom is -0.252 e. The van der Waals surface area contributed by atoms with Crippen LogP contribution in [0, 0.1) is 5.92 Å². The Morgan fingerprint density at radius 3 is 2.53 bits per heavy atom. The van der Waals surface area contributed by atoms with Gasteiger partial charge in [-0.05, 0) is 11.5 Å². The minimum atomic E-state index is 0.521. The van der Waals surface area contributed by atoms with Crippen LogP contribution < -0.4 is 0 Å². The first kappa shape index (κ1) is 13.8. The molecule has 1 aromatic carbocycles. The molecule has 2 rings (SSSR count). The van der Waals surface area contributed by atoms with Gasteiger partial charge in [-0.3, -0.25) is 4.68 Å². The van der Waals surface area contributed by atoms with Crippen LogP contribution in [0.1, 0.15) is 44.6 Å². The Kier molecular flexibility index (Phi) is 5.13. The number of rotatable bonds is 7. The highest BCUT2D eigenvalue weighted by Crippen LogP contribution is 2.31. The summed E-state index contributed by atoms with van der Waals surface area (Å²) in [6.45, 7) is 5.47. The summed E-state index contributed by atoms with van der Waals surface area (Å²) >= 11 is 0. The van der Waals surface area contributed by atoms with Gasteiger partial charge in [0.25, 0.3) is 0 Å². The summed E-state index contributed by atoms with van der Waals surface area (Å²) in [5.74, 6) is 1.23. The van der Waals surface area contributed by atoms with Crippen molar-refractivity contribution in [1.29, 1.82) is 0 Å². The zero-order valence-electron chi connectivity index (χ0n) is 11.9. The smallest absolute Gasteiger partial charge is 0.137 e. The zero-order valence-corrected chi connectivity index (χ0v) is 11.9. The molecule has 0 amide bonds. The van der Waals surface area contributed by atoms with E-state index in [0.29, 0.717) is 11.8 Å². The van der Waals surface area contributed by atoms with Crippen molar-refractivity contribution in [2.75, 3.05) is 0 Å². The maximum absolute atomic E-state index is 4.26. The number of benzene rings is 1. The molecule has 2 aromatic rings. The van der Waals surface area contributed by atoms with Crippen molar-refractivity contribution in [2.45, 2.75) is 45.6 Å². The summed E-state index contributed by atoms with van der Waals surface area (Å²) in [6.07, 6.45) is 7.14. The van der Waals surface area contributed by atoms with Crippen LogP contribution in [0.3, 0.4) is 0 Å². The van der Waals surface area contributed by atoms with Crippen molar-refractivity contribution in [3.8, 4) is 0 Å². The normalized spacial score (nSPS) is 14.2. The van der Waals surface area contributed by atoms with E-state index in [1.807, 2.05) is 11.0 Å². The average Bonchev–Trinajstić information content (AvgIpc) is 2.96. The maximum Gasteiger partial charge on any atom is 0.137 e. The molecular formula is C16H23N3. The molecule has 0 spiro atoms. The number of hydrogen-bond acceptors (Lipinski definition) is 2. The van der Waals surface area contributed by atoms with Crippen LogP contribution in [0.15, 0.2) is 43.0 Å². The van der Waals surface area contributed by atoms with E-state index < -0.39 is 0 Å². The Morgan fingerprint density at radius 2 is 1.95 bits per heavy atom. The van der Waals surface area contributed by atoms with Gasteiger partial charge in [0.05, 0.1) is 0 Å². The van der Waals surface area contributed by atoms with E-state index in [1.54, 1.807) is 6.33 Å². The third-order valence-corrected chi connectivity index (χ3v) is 3.83. The number of aromatic nitrogens is 3. The SMILES string of the molecule is CCCC(CC)C(Cn1cncn1)c1ccccc1. The molecule has 0 saturated carbocycles. The predicted molar refractivity (Wildman–Crippen MR) is 77.9 cm³/mol. The molecule has 0 N–H and O–H groups in total. The van der Waals surface area contributed by atoms with Crippen molar-refractivity contribution in [1.82, 2.24) is 14.8 Å². The van der Waals surface area contributed by atoms with Gasteiger partial charge in [0.2, 0.25) is 0 Å². The lowest BCUT2D eigenvalue weighted by Crippen LogP contribution is -2.19. The quantitative estimate of drug-likeness (QED) is 0.753. The summed E-state index contributed by atoms with van der Waals surface area (Å²) in [5.41, 5.74) is 1.42. The van der Waals surface area contributed by atoms with Crippen LogP contribution in [-0.4, -0.2) is 14.8 Å². The molecular weight excluding hydrogens is 234 g/mol. The molecule has 3 heteroatoms. The summed E-state index contributed by atoms with van der Waals surface area (Å²) in [7, 11) is 0. The molecule has 0 bridgehead atoms. The summed E-state index contributed by atoms with van der Waals surface area (Å²) < 4.78 is 1.95. The molecule has 0 radical (unpaired) electrons. The van der Waals surface area contributed by atoms with Gasteiger partial charge < -0.3 is 0 Å². The van der Waals surface area contributed by atoms with Gasteiger partial charge in [0.15, 0.2) is 0 Å². The second kappa shape index (κ2) is 7.07. The fraction of sp³-hybridized carbons (Fsp3) is 0.500. The van der Waals surface area contributed by atoms with E-state index in [4.69, 9.17) is 0 Å². The van der Waals surface area contributed by atoms with Gasteiger partial charge in [0.1, 0.15) is 12.7 Å². The summed E-state index contributed by atoms with van der Waals surface area (Å²) in [4.78, 5) is 4.05. The van der Waals surface area contributed by atoms with E-state index in [-0.39, 0.29) is 0 Å². The second-order valence-corrected chi connectivity index (χ2v) is 5.09. The molecule has 102 valence electrons. The molecule has 3 nitrogen and oxygen atoms in total. The molecule has 2 atom stereocenters. The Morgan fingerprint density at radius 1 is 1.16 bits per heavy atom. The molecule has 0 aliphatic heterocycles. The fourth-order valence-electron chi connectivity index (χ4n) is 2.82. The predicted octanol–water partition coefficient (Wildman–Crippen LogP) is 3.89. The molecule has 1 heterocycles. The third kappa shape index (κ3) is 3.66. The van der Waals surface area contributed by atoms with Crippen molar-refractivity contribution in [3.63, 3.8) is 0 Å². The Labute approximate surface area is 115 Å². The summed E-state index contributed by atoms with van der Waals surface area (Å²) in [6, 6.07) is 10.8. The largest absolute Gasteiger partial charge is 0.252 e. The van der Waals surface area contributed by atoms with Crippen LogP contribution in [0.4, 0.5) is 0 Å². The lowest BCUT2D eigenvalue weighted by Gasteiger charge is -2.26. The standard InChI is InChI=1S/C16H23N3/c1-3-8-14(4-2)16(11-19-13-17-12-18-19)15-9-6-5-7-10-15/h5-7,9-10,12-14,16H,3-4,8,11H2,1-2H3. The van der Waals surface area contributed by atoms with Gasteiger partial charge in [-0.1, -0.05) is 63.4 Å². The number of hydrogen-bond donors (Lipinski definition) is 0. The molecule has 2 unspecified atom stereocenters.